The second-order valence-electron chi connectivity index (χ2n) is 17.3. The highest BCUT2D eigenvalue weighted by Crippen LogP contribution is 2.13. The second-order valence-corrected chi connectivity index (χ2v) is 17.3. The number of esters is 2. The number of rotatable bonds is 43. The van der Waals surface area contributed by atoms with Gasteiger partial charge in [0.05, 0.1) is 40.3 Å². The summed E-state index contributed by atoms with van der Waals surface area (Å²) in [7, 11) is 5.39. The Balaban J connectivity index is 4.38. The fraction of sp³-hybridized carbons (Fsp3) is 0.685. The lowest BCUT2D eigenvalue weighted by atomic mass is 10.1. The van der Waals surface area contributed by atoms with Crippen LogP contribution >= 0.6 is 0 Å². The molecule has 2 atom stereocenters. The minimum atomic E-state index is -1.13. The summed E-state index contributed by atoms with van der Waals surface area (Å²) in [6.07, 6.45) is 57.5. The van der Waals surface area contributed by atoms with Crippen LogP contribution in [0.2, 0.25) is 0 Å². The summed E-state index contributed by atoms with van der Waals surface area (Å²) < 4.78 is 17.2. The summed E-state index contributed by atoms with van der Waals surface area (Å²) in [5.41, 5.74) is 0. The lowest BCUT2D eigenvalue weighted by Crippen LogP contribution is -2.55. The highest BCUT2D eigenvalue weighted by Gasteiger charge is 2.25. The van der Waals surface area contributed by atoms with Crippen molar-refractivity contribution < 1.29 is 38.2 Å². The van der Waals surface area contributed by atoms with E-state index in [1.54, 1.807) is 21.1 Å². The first-order chi connectivity index (χ1) is 30.1. The van der Waals surface area contributed by atoms with Crippen LogP contribution in [-0.2, 0) is 28.6 Å². The fourth-order valence-corrected chi connectivity index (χ4v) is 6.71. The van der Waals surface area contributed by atoms with Gasteiger partial charge in [-0.15, -0.1) is 0 Å². The molecule has 0 amide bonds. The quantitative estimate of drug-likeness (QED) is 0.0260. The zero-order valence-electron chi connectivity index (χ0n) is 40.3. The number of likely N-dealkylation sites (N-methyl/N-ethyl adjacent to an activating group) is 1. The van der Waals surface area contributed by atoms with Crippen molar-refractivity contribution in [2.24, 2.45) is 0 Å². The van der Waals surface area contributed by atoms with Crippen LogP contribution in [0.15, 0.2) is 85.1 Å². The molecule has 354 valence electrons. The van der Waals surface area contributed by atoms with E-state index in [1.807, 2.05) is 0 Å². The molecule has 0 aliphatic heterocycles. The second kappa shape index (κ2) is 44.1. The maximum atomic E-state index is 12.8. The van der Waals surface area contributed by atoms with Crippen molar-refractivity contribution in [1.29, 1.82) is 0 Å². The third-order valence-corrected chi connectivity index (χ3v) is 10.5. The summed E-state index contributed by atoms with van der Waals surface area (Å²) in [5, 5.41) is 11.7. The van der Waals surface area contributed by atoms with Crippen molar-refractivity contribution in [2.75, 3.05) is 41.0 Å². The van der Waals surface area contributed by atoms with Crippen molar-refractivity contribution in [3.05, 3.63) is 85.1 Å². The van der Waals surface area contributed by atoms with Gasteiger partial charge in [-0.2, -0.15) is 0 Å². The predicted molar refractivity (Wildman–Crippen MR) is 258 cm³/mol. The highest BCUT2D eigenvalue weighted by atomic mass is 16.6. The van der Waals surface area contributed by atoms with Crippen molar-refractivity contribution >= 4 is 17.9 Å². The summed E-state index contributed by atoms with van der Waals surface area (Å²) in [5.74, 6) is -1.80. The minimum Gasteiger partial charge on any atom is -0.544 e. The molecule has 0 aromatic heterocycles. The Morgan fingerprint density at radius 1 is 0.500 bits per heavy atom. The number of quaternary nitrogens is 1. The predicted octanol–water partition coefficient (Wildman–Crippen LogP) is 12.7. The Morgan fingerprint density at radius 3 is 1.37 bits per heavy atom. The molecule has 0 aliphatic rings. The van der Waals surface area contributed by atoms with Gasteiger partial charge in [-0.3, -0.25) is 9.59 Å². The number of nitrogens with zero attached hydrogens (tertiary/aromatic N) is 1. The van der Waals surface area contributed by atoms with Crippen molar-refractivity contribution in [2.45, 2.75) is 199 Å². The zero-order chi connectivity index (χ0) is 45.6. The van der Waals surface area contributed by atoms with Crippen LogP contribution in [0.1, 0.15) is 187 Å². The van der Waals surface area contributed by atoms with E-state index in [1.165, 1.54) is 57.8 Å². The number of hydrogen-bond acceptors (Lipinski definition) is 7. The number of ether oxygens (including phenoxy) is 3. The molecular formula is C54H91NO7. The van der Waals surface area contributed by atoms with Gasteiger partial charge in [0.1, 0.15) is 12.6 Å². The van der Waals surface area contributed by atoms with Gasteiger partial charge in [0, 0.05) is 19.3 Å². The number of carbonyl (C=O) groups excluding carboxylic acids is 3. The first-order valence-electron chi connectivity index (χ1n) is 24.6. The fourth-order valence-electron chi connectivity index (χ4n) is 6.71. The number of aliphatic carboxylic acids is 1. The van der Waals surface area contributed by atoms with Gasteiger partial charge in [-0.25, -0.2) is 0 Å². The molecule has 2 unspecified atom stereocenters. The van der Waals surface area contributed by atoms with Crippen molar-refractivity contribution in [1.82, 2.24) is 0 Å². The minimum absolute atomic E-state index is 0.0199. The van der Waals surface area contributed by atoms with Crippen LogP contribution < -0.4 is 5.11 Å². The third kappa shape index (κ3) is 41.8. The summed E-state index contributed by atoms with van der Waals surface area (Å²) in [6, 6.07) is -0.738. The van der Waals surface area contributed by atoms with E-state index in [2.05, 4.69) is 98.9 Å². The summed E-state index contributed by atoms with van der Waals surface area (Å²) >= 11 is 0. The monoisotopic (exact) mass is 866 g/mol. The smallest absolute Gasteiger partial charge is 0.306 e. The Bertz CT molecular complexity index is 1290. The summed E-state index contributed by atoms with van der Waals surface area (Å²) in [4.78, 5) is 37.0. The average Bonchev–Trinajstić information content (AvgIpc) is 3.23. The van der Waals surface area contributed by atoms with E-state index in [-0.39, 0.29) is 49.1 Å². The standard InChI is InChI=1S/C54H91NO7/c1-6-8-10-12-14-16-18-20-22-24-25-26-27-28-29-31-33-35-37-39-41-43-45-53(57)62-50(48-60-47-46-51(54(58)59)55(3,4)5)49-61-52(56)44-42-40-38-36-34-32-30-23-21-19-17-15-13-11-9-7-2/h8,10,14,16,20,22-23,25-26,28-30,33,35,50-51H,6-7,9,11-13,15,17-19,21,24,27,31-32,34,36-49H2,1-5H3/b10-8+,16-14+,22-20+,26-25+,29-28+,30-23+,35-33+. The molecule has 0 N–H and O–H groups in total. The molecule has 0 saturated heterocycles. The van der Waals surface area contributed by atoms with Gasteiger partial charge in [0.25, 0.3) is 0 Å². The maximum Gasteiger partial charge on any atom is 0.306 e. The van der Waals surface area contributed by atoms with Crippen LogP contribution in [0.25, 0.3) is 0 Å². The molecule has 0 spiro atoms. The molecule has 0 saturated carbocycles. The average molecular weight is 866 g/mol. The molecule has 0 rings (SSSR count). The van der Waals surface area contributed by atoms with E-state index in [0.29, 0.717) is 12.8 Å². The van der Waals surface area contributed by atoms with Gasteiger partial charge in [0.15, 0.2) is 6.10 Å². The highest BCUT2D eigenvalue weighted by molar-refractivity contribution is 5.70. The first kappa shape index (κ1) is 58.5. The van der Waals surface area contributed by atoms with Crippen LogP contribution in [-0.4, -0.2) is 75.5 Å². The Morgan fingerprint density at radius 2 is 0.903 bits per heavy atom. The van der Waals surface area contributed by atoms with Crippen LogP contribution in [0.4, 0.5) is 0 Å². The van der Waals surface area contributed by atoms with E-state index < -0.39 is 18.1 Å². The summed E-state index contributed by atoms with van der Waals surface area (Å²) in [6.45, 7) is 4.50. The van der Waals surface area contributed by atoms with Gasteiger partial charge < -0.3 is 28.6 Å². The zero-order valence-corrected chi connectivity index (χ0v) is 40.3. The molecule has 0 heterocycles. The molecule has 8 heteroatoms. The lowest BCUT2D eigenvalue weighted by Gasteiger charge is -2.34. The van der Waals surface area contributed by atoms with Crippen molar-refractivity contribution in [3.63, 3.8) is 0 Å². The molecule has 0 radical (unpaired) electrons. The Hall–Kier alpha value is -3.49. The molecule has 0 aliphatic carbocycles. The van der Waals surface area contributed by atoms with E-state index >= 15 is 0 Å². The maximum absolute atomic E-state index is 12.8. The third-order valence-electron chi connectivity index (χ3n) is 10.5. The largest absolute Gasteiger partial charge is 0.544 e. The van der Waals surface area contributed by atoms with Gasteiger partial charge in [0.2, 0.25) is 0 Å². The van der Waals surface area contributed by atoms with Crippen molar-refractivity contribution in [3.8, 4) is 0 Å². The number of carbonyl (C=O) groups is 3. The molecule has 0 aromatic rings. The number of carboxylic acid groups (broad SMARTS) is 1. The Kier molecular flexibility index (Phi) is 41.6. The number of unbranched alkanes of at least 4 members (excludes halogenated alkanes) is 15. The molecule has 8 nitrogen and oxygen atoms in total. The van der Waals surface area contributed by atoms with Gasteiger partial charge >= 0.3 is 11.9 Å². The molecular weight excluding hydrogens is 775 g/mol. The first-order valence-corrected chi connectivity index (χ1v) is 24.6. The lowest BCUT2D eigenvalue weighted by molar-refractivity contribution is -0.889. The normalized spacial score (nSPS) is 13.6. The van der Waals surface area contributed by atoms with Gasteiger partial charge in [-0.05, 0) is 89.9 Å². The number of hydrogen-bond donors (Lipinski definition) is 0. The van der Waals surface area contributed by atoms with E-state index in [4.69, 9.17) is 14.2 Å². The molecule has 62 heavy (non-hydrogen) atoms. The molecule has 0 fully saturated rings. The number of allylic oxidation sites excluding steroid dienone is 14. The van der Waals surface area contributed by atoms with Crippen LogP contribution in [0.5, 0.6) is 0 Å². The number of carboxylic acids is 1. The van der Waals surface area contributed by atoms with Crippen LogP contribution in [0, 0.1) is 0 Å². The SMILES string of the molecule is CC/C=C/C/C=C/C/C=C/C/C=C/C/C=C/C/C=C/CCCCCC(=O)OC(COCCC(C(=O)[O-])[N+](C)(C)C)COC(=O)CCCCCCC/C=C/CCCCCCCCC. The Labute approximate surface area is 380 Å². The van der Waals surface area contributed by atoms with E-state index in [9.17, 15) is 19.5 Å². The molecule has 0 aromatic carbocycles. The van der Waals surface area contributed by atoms with E-state index in [0.717, 1.165) is 89.9 Å². The molecule has 0 bridgehead atoms. The van der Waals surface area contributed by atoms with Gasteiger partial charge in [-0.1, -0.05) is 163 Å². The van der Waals surface area contributed by atoms with Crippen LogP contribution in [0.3, 0.4) is 0 Å². The topological polar surface area (TPSA) is 102 Å².